The zero-order valence-corrected chi connectivity index (χ0v) is 11.7. The van der Waals surface area contributed by atoms with E-state index >= 15 is 0 Å². The van der Waals surface area contributed by atoms with Gasteiger partial charge < -0.3 is 9.73 Å². The highest BCUT2D eigenvalue weighted by molar-refractivity contribution is 6.02. The number of amides is 1. The van der Waals surface area contributed by atoms with Gasteiger partial charge in [-0.05, 0) is 42.3 Å². The molecule has 1 aromatic heterocycles. The number of carbonyl (C=O) groups excluding carboxylic acids is 1. The maximum atomic E-state index is 12.0. The number of furan rings is 1. The van der Waals surface area contributed by atoms with Crippen LogP contribution in [0.3, 0.4) is 0 Å². The van der Waals surface area contributed by atoms with Gasteiger partial charge in [-0.2, -0.15) is 0 Å². The van der Waals surface area contributed by atoms with Crippen molar-refractivity contribution in [2.24, 2.45) is 0 Å². The molecule has 3 rings (SSSR count). The summed E-state index contributed by atoms with van der Waals surface area (Å²) in [4.78, 5) is 12.0. The Kier molecular flexibility index (Phi) is 4.03. The normalized spacial score (nSPS) is 9.64. The molecule has 3 nitrogen and oxygen atoms in total. The van der Waals surface area contributed by atoms with Crippen LogP contribution in [0, 0.1) is 11.8 Å². The topological polar surface area (TPSA) is 42.2 Å². The molecule has 0 saturated carbocycles. The van der Waals surface area contributed by atoms with Crippen molar-refractivity contribution in [2.75, 3.05) is 5.32 Å². The zero-order valence-electron chi connectivity index (χ0n) is 11.7. The van der Waals surface area contributed by atoms with Gasteiger partial charge in [0.15, 0.2) is 11.5 Å². The first-order valence-corrected chi connectivity index (χ1v) is 6.84. The molecule has 0 aliphatic carbocycles. The first kappa shape index (κ1) is 13.7. The second kappa shape index (κ2) is 6.47. The lowest BCUT2D eigenvalue weighted by atomic mass is 10.2. The fourth-order valence-electron chi connectivity index (χ4n) is 1.90. The molecule has 106 valence electrons. The van der Waals surface area contributed by atoms with Gasteiger partial charge in [-0.15, -0.1) is 0 Å². The van der Waals surface area contributed by atoms with Gasteiger partial charge in [0.2, 0.25) is 0 Å². The lowest BCUT2D eigenvalue weighted by Gasteiger charge is -2.01. The van der Waals surface area contributed by atoms with E-state index in [1.54, 1.807) is 12.1 Å². The van der Waals surface area contributed by atoms with Crippen molar-refractivity contribution in [3.8, 4) is 11.8 Å². The fraction of sp³-hybridized carbons (Fsp3) is 0. The summed E-state index contributed by atoms with van der Waals surface area (Å²) in [7, 11) is 0. The molecule has 1 N–H and O–H groups in total. The van der Waals surface area contributed by atoms with Crippen molar-refractivity contribution < 1.29 is 9.21 Å². The number of hydrogen-bond donors (Lipinski definition) is 1. The smallest absolute Gasteiger partial charge is 0.291 e. The second-order valence-corrected chi connectivity index (χ2v) is 4.60. The Balaban J connectivity index is 1.71. The van der Waals surface area contributed by atoms with Crippen molar-refractivity contribution in [2.45, 2.75) is 0 Å². The molecule has 0 unspecified atom stereocenters. The first-order chi connectivity index (χ1) is 10.8. The molecule has 0 aliphatic heterocycles. The molecule has 0 spiro atoms. The largest absolute Gasteiger partial charge is 0.443 e. The molecule has 3 heteroatoms. The number of carbonyl (C=O) groups is 1. The highest BCUT2D eigenvalue weighted by Gasteiger charge is 2.10. The fourth-order valence-corrected chi connectivity index (χ4v) is 1.90. The predicted octanol–water partition coefficient (Wildman–Crippen LogP) is 3.93. The molecule has 1 amide bonds. The molecule has 0 fully saturated rings. The van der Waals surface area contributed by atoms with E-state index in [1.165, 1.54) is 0 Å². The molecule has 1 heterocycles. The van der Waals surface area contributed by atoms with Crippen LogP contribution in [0.2, 0.25) is 0 Å². The molecule has 0 radical (unpaired) electrons. The third-order valence-corrected chi connectivity index (χ3v) is 2.97. The van der Waals surface area contributed by atoms with Gasteiger partial charge in [0.1, 0.15) is 0 Å². The summed E-state index contributed by atoms with van der Waals surface area (Å²) in [6.07, 6.45) is 0. The van der Waals surface area contributed by atoms with Crippen LogP contribution < -0.4 is 5.32 Å². The summed E-state index contributed by atoms with van der Waals surface area (Å²) in [5.41, 5.74) is 1.62. The summed E-state index contributed by atoms with van der Waals surface area (Å²) < 4.78 is 5.45. The number of hydrogen-bond acceptors (Lipinski definition) is 2. The van der Waals surface area contributed by atoms with Crippen LogP contribution in [0.15, 0.2) is 77.2 Å². The van der Waals surface area contributed by atoms with Gasteiger partial charge in [0, 0.05) is 11.3 Å². The van der Waals surface area contributed by atoms with Crippen LogP contribution in [0.25, 0.3) is 0 Å². The maximum absolute atomic E-state index is 12.0. The number of rotatable bonds is 2. The Hall–Kier alpha value is -3.25. The van der Waals surface area contributed by atoms with E-state index in [1.807, 2.05) is 60.7 Å². The van der Waals surface area contributed by atoms with Gasteiger partial charge in [0.05, 0.1) is 0 Å². The van der Waals surface area contributed by atoms with E-state index in [2.05, 4.69) is 17.2 Å². The standard InChI is InChI=1S/C19H13NO2/c21-19(20-16-9-5-2-6-10-16)18-14-13-17(22-18)12-11-15-7-3-1-4-8-15/h1-10,13-14H,(H,20,21). The number of benzene rings is 2. The van der Waals surface area contributed by atoms with E-state index in [4.69, 9.17) is 4.42 Å². The average Bonchev–Trinajstić information content (AvgIpc) is 3.04. The van der Waals surface area contributed by atoms with Gasteiger partial charge in [-0.3, -0.25) is 4.79 Å². The van der Waals surface area contributed by atoms with E-state index in [9.17, 15) is 4.79 Å². The van der Waals surface area contributed by atoms with E-state index < -0.39 is 0 Å². The summed E-state index contributed by atoms with van der Waals surface area (Å²) >= 11 is 0. The van der Waals surface area contributed by atoms with Crippen LogP contribution in [0.1, 0.15) is 21.9 Å². The van der Waals surface area contributed by atoms with Crippen molar-refractivity contribution in [1.29, 1.82) is 0 Å². The highest BCUT2D eigenvalue weighted by atomic mass is 16.3. The Labute approximate surface area is 128 Å². The van der Waals surface area contributed by atoms with Crippen molar-refractivity contribution in [1.82, 2.24) is 0 Å². The van der Waals surface area contributed by atoms with Crippen LogP contribution >= 0.6 is 0 Å². The number of anilines is 1. The quantitative estimate of drug-likeness (QED) is 0.726. The van der Waals surface area contributed by atoms with Crippen LogP contribution in [-0.2, 0) is 0 Å². The molecule has 0 saturated heterocycles. The summed E-state index contributed by atoms with van der Waals surface area (Å²) in [5.74, 6) is 6.30. The van der Waals surface area contributed by atoms with Gasteiger partial charge in [-0.1, -0.05) is 42.3 Å². The van der Waals surface area contributed by atoms with E-state index in [-0.39, 0.29) is 11.7 Å². The van der Waals surface area contributed by atoms with Crippen LogP contribution in [0.5, 0.6) is 0 Å². The SMILES string of the molecule is O=C(Nc1ccccc1)c1ccc(C#Cc2ccccc2)o1. The molecular formula is C19H13NO2. The lowest BCUT2D eigenvalue weighted by Crippen LogP contribution is -2.10. The van der Waals surface area contributed by atoms with Crippen molar-refractivity contribution >= 4 is 11.6 Å². The van der Waals surface area contributed by atoms with Crippen molar-refractivity contribution in [3.63, 3.8) is 0 Å². The number of nitrogens with one attached hydrogen (secondary N) is 1. The zero-order chi connectivity index (χ0) is 15.2. The van der Waals surface area contributed by atoms with Gasteiger partial charge in [0.25, 0.3) is 5.91 Å². The molecule has 0 atom stereocenters. The maximum Gasteiger partial charge on any atom is 0.291 e. The third-order valence-electron chi connectivity index (χ3n) is 2.97. The Morgan fingerprint density at radius 3 is 2.23 bits per heavy atom. The van der Waals surface area contributed by atoms with E-state index in [0.717, 1.165) is 11.3 Å². The molecular weight excluding hydrogens is 274 g/mol. The Bertz CT molecular complexity index is 824. The molecule has 0 aliphatic rings. The second-order valence-electron chi connectivity index (χ2n) is 4.60. The highest BCUT2D eigenvalue weighted by Crippen LogP contribution is 2.11. The molecule has 22 heavy (non-hydrogen) atoms. The van der Waals surface area contributed by atoms with E-state index in [0.29, 0.717) is 5.76 Å². The van der Waals surface area contributed by atoms with Crippen LogP contribution in [0.4, 0.5) is 5.69 Å². The first-order valence-electron chi connectivity index (χ1n) is 6.84. The summed E-state index contributed by atoms with van der Waals surface area (Å²) in [6, 6.07) is 22.2. The third kappa shape index (κ3) is 3.44. The predicted molar refractivity (Wildman–Crippen MR) is 85.5 cm³/mol. The summed E-state index contributed by atoms with van der Waals surface area (Å²) in [6.45, 7) is 0. The molecule has 3 aromatic rings. The molecule has 0 bridgehead atoms. The average molecular weight is 287 g/mol. The Morgan fingerprint density at radius 1 is 0.818 bits per heavy atom. The minimum Gasteiger partial charge on any atom is -0.443 e. The molecule has 2 aromatic carbocycles. The lowest BCUT2D eigenvalue weighted by molar-refractivity contribution is 0.0996. The summed E-state index contributed by atoms with van der Waals surface area (Å²) in [5, 5.41) is 2.76. The Morgan fingerprint density at radius 2 is 1.50 bits per heavy atom. The minimum atomic E-state index is -0.293. The monoisotopic (exact) mass is 287 g/mol. The van der Waals surface area contributed by atoms with Crippen molar-refractivity contribution in [3.05, 3.63) is 89.9 Å². The van der Waals surface area contributed by atoms with Crippen LogP contribution in [-0.4, -0.2) is 5.91 Å². The van der Waals surface area contributed by atoms with Gasteiger partial charge in [-0.25, -0.2) is 0 Å². The van der Waals surface area contributed by atoms with Gasteiger partial charge >= 0.3 is 0 Å². The number of para-hydroxylation sites is 1. The minimum absolute atomic E-state index is 0.237.